The molecule has 0 spiro atoms. The van der Waals surface area contributed by atoms with Gasteiger partial charge in [0, 0.05) is 12.5 Å². The first-order valence-electron chi connectivity index (χ1n) is 7.42. The van der Waals surface area contributed by atoms with Crippen LogP contribution in [-0.2, 0) is 10.3 Å². The van der Waals surface area contributed by atoms with Gasteiger partial charge in [0.1, 0.15) is 5.82 Å². The molecular formula is C16H21FN2O. The minimum absolute atomic E-state index is 0.0779. The van der Waals surface area contributed by atoms with Crippen molar-refractivity contribution in [3.05, 3.63) is 35.6 Å². The molecule has 3 N–H and O–H groups in total. The molecule has 0 radical (unpaired) electrons. The fourth-order valence-corrected chi connectivity index (χ4v) is 3.25. The van der Waals surface area contributed by atoms with Crippen molar-refractivity contribution in [2.24, 2.45) is 11.7 Å². The van der Waals surface area contributed by atoms with Crippen molar-refractivity contribution in [3.63, 3.8) is 0 Å². The second kappa shape index (κ2) is 5.17. The fraction of sp³-hybridized carbons (Fsp3) is 0.562. The Morgan fingerprint density at radius 3 is 2.55 bits per heavy atom. The van der Waals surface area contributed by atoms with Crippen molar-refractivity contribution >= 4 is 5.91 Å². The average Bonchev–Trinajstić information content (AvgIpc) is 3.08. The van der Waals surface area contributed by atoms with Gasteiger partial charge in [-0.25, -0.2) is 4.39 Å². The molecule has 0 aliphatic heterocycles. The zero-order valence-electron chi connectivity index (χ0n) is 11.6. The lowest BCUT2D eigenvalue weighted by Gasteiger charge is -2.21. The molecule has 20 heavy (non-hydrogen) atoms. The highest BCUT2D eigenvalue weighted by Gasteiger charge is 2.45. The molecule has 0 unspecified atom stereocenters. The van der Waals surface area contributed by atoms with E-state index in [1.54, 1.807) is 12.1 Å². The van der Waals surface area contributed by atoms with Crippen LogP contribution in [0.15, 0.2) is 24.3 Å². The molecule has 3 nitrogen and oxygen atoms in total. The van der Waals surface area contributed by atoms with Crippen LogP contribution in [0.5, 0.6) is 0 Å². The molecule has 1 amide bonds. The van der Waals surface area contributed by atoms with E-state index in [-0.39, 0.29) is 23.3 Å². The van der Waals surface area contributed by atoms with Crippen molar-refractivity contribution in [1.82, 2.24) is 5.32 Å². The Kier molecular flexibility index (Phi) is 3.50. The summed E-state index contributed by atoms with van der Waals surface area (Å²) in [6.45, 7) is 0. The summed E-state index contributed by atoms with van der Waals surface area (Å²) in [5.74, 6) is 0.154. The van der Waals surface area contributed by atoms with Crippen LogP contribution in [0.25, 0.3) is 0 Å². The van der Waals surface area contributed by atoms with E-state index in [2.05, 4.69) is 5.32 Å². The Balaban J connectivity index is 1.62. The van der Waals surface area contributed by atoms with Gasteiger partial charge in [0.2, 0.25) is 5.91 Å². The maximum Gasteiger partial charge on any atom is 0.221 e. The lowest BCUT2D eigenvalue weighted by Crippen LogP contribution is -2.37. The lowest BCUT2D eigenvalue weighted by molar-refractivity contribution is -0.123. The summed E-state index contributed by atoms with van der Waals surface area (Å²) in [5.41, 5.74) is 6.76. The Morgan fingerprint density at radius 1 is 1.30 bits per heavy atom. The van der Waals surface area contributed by atoms with Crippen molar-refractivity contribution < 1.29 is 9.18 Å². The van der Waals surface area contributed by atoms with E-state index in [1.165, 1.54) is 12.1 Å². The van der Waals surface area contributed by atoms with Gasteiger partial charge in [0.15, 0.2) is 0 Å². The first kappa shape index (κ1) is 13.6. The Morgan fingerprint density at radius 2 is 2.00 bits per heavy atom. The van der Waals surface area contributed by atoms with E-state index in [1.807, 2.05) is 0 Å². The van der Waals surface area contributed by atoms with Gasteiger partial charge in [-0.15, -0.1) is 0 Å². The monoisotopic (exact) mass is 276 g/mol. The lowest BCUT2D eigenvalue weighted by atomic mass is 9.98. The van der Waals surface area contributed by atoms with Gasteiger partial charge < -0.3 is 11.1 Å². The molecule has 0 aromatic heterocycles. The highest BCUT2D eigenvalue weighted by molar-refractivity contribution is 5.78. The number of hydrogen-bond acceptors (Lipinski definition) is 2. The van der Waals surface area contributed by atoms with E-state index in [4.69, 9.17) is 5.73 Å². The quantitative estimate of drug-likeness (QED) is 0.887. The van der Waals surface area contributed by atoms with Crippen LogP contribution in [0.3, 0.4) is 0 Å². The summed E-state index contributed by atoms with van der Waals surface area (Å²) in [6, 6.07) is 6.61. The second-order valence-corrected chi connectivity index (χ2v) is 6.20. The molecule has 0 bridgehead atoms. The van der Waals surface area contributed by atoms with Gasteiger partial charge in [0.05, 0.1) is 5.54 Å². The number of hydrogen-bond donors (Lipinski definition) is 2. The van der Waals surface area contributed by atoms with Crippen LogP contribution in [-0.4, -0.2) is 11.9 Å². The zero-order chi connectivity index (χ0) is 14.2. The molecular weight excluding hydrogens is 255 g/mol. The Bertz CT molecular complexity index is 496. The van der Waals surface area contributed by atoms with Gasteiger partial charge in [0.25, 0.3) is 0 Å². The summed E-state index contributed by atoms with van der Waals surface area (Å²) in [7, 11) is 0. The van der Waals surface area contributed by atoms with Gasteiger partial charge in [-0.1, -0.05) is 18.6 Å². The predicted octanol–water partition coefficient (Wildman–Crippen LogP) is 2.45. The number of carbonyl (C=O) groups excluding carboxylic acids is 1. The number of rotatable bonds is 4. The minimum Gasteiger partial charge on any atom is -0.347 e. The number of carbonyl (C=O) groups is 1. The normalized spacial score (nSPS) is 27.3. The first-order chi connectivity index (χ1) is 9.59. The van der Waals surface area contributed by atoms with Crippen molar-refractivity contribution in [2.45, 2.75) is 50.1 Å². The third-order valence-electron chi connectivity index (χ3n) is 4.69. The number of nitrogens with two attached hydrogens (primary N) is 1. The number of amides is 1. The summed E-state index contributed by atoms with van der Waals surface area (Å²) in [6.07, 6.45) is 5.59. The second-order valence-electron chi connectivity index (χ2n) is 6.20. The summed E-state index contributed by atoms with van der Waals surface area (Å²) < 4.78 is 13.0. The van der Waals surface area contributed by atoms with E-state index in [0.29, 0.717) is 12.3 Å². The Hall–Kier alpha value is -1.42. The molecule has 2 aliphatic rings. The third-order valence-corrected chi connectivity index (χ3v) is 4.69. The van der Waals surface area contributed by atoms with Crippen molar-refractivity contribution in [1.29, 1.82) is 0 Å². The zero-order valence-corrected chi connectivity index (χ0v) is 11.6. The summed E-state index contributed by atoms with van der Waals surface area (Å²) >= 11 is 0. The van der Waals surface area contributed by atoms with Crippen LogP contribution in [0.2, 0.25) is 0 Å². The molecule has 2 fully saturated rings. The van der Waals surface area contributed by atoms with Crippen LogP contribution in [0.1, 0.15) is 44.1 Å². The topological polar surface area (TPSA) is 55.1 Å². The standard InChI is InChI=1S/C16H21FN2O/c17-13-6-4-12(5-7-13)16(8-9-16)19-15(20)10-11-2-1-3-14(11)18/h4-7,11,14H,1-3,8-10,18H2,(H,19,20)/t11-,14+/m0/s1. The first-order valence-corrected chi connectivity index (χ1v) is 7.42. The SMILES string of the molecule is N[C@@H]1CCC[C@H]1CC(=O)NC1(c2ccc(F)cc2)CC1. The molecule has 108 valence electrons. The molecule has 3 rings (SSSR count). The number of nitrogens with one attached hydrogen (secondary N) is 1. The van der Waals surface area contributed by atoms with Gasteiger partial charge in [-0.2, -0.15) is 0 Å². The molecule has 2 atom stereocenters. The van der Waals surface area contributed by atoms with E-state index in [9.17, 15) is 9.18 Å². The van der Waals surface area contributed by atoms with Crippen LogP contribution in [0, 0.1) is 11.7 Å². The molecule has 1 aromatic carbocycles. The highest BCUT2D eigenvalue weighted by Crippen LogP contribution is 2.45. The van der Waals surface area contributed by atoms with E-state index >= 15 is 0 Å². The molecule has 2 aliphatic carbocycles. The van der Waals surface area contributed by atoms with Crippen LogP contribution >= 0.6 is 0 Å². The molecule has 4 heteroatoms. The fourth-order valence-electron chi connectivity index (χ4n) is 3.25. The number of halogens is 1. The number of benzene rings is 1. The van der Waals surface area contributed by atoms with Gasteiger partial charge >= 0.3 is 0 Å². The maximum absolute atomic E-state index is 13.0. The predicted molar refractivity (Wildman–Crippen MR) is 75.4 cm³/mol. The average molecular weight is 276 g/mol. The van der Waals surface area contributed by atoms with Gasteiger partial charge in [-0.05, 0) is 49.3 Å². The van der Waals surface area contributed by atoms with Crippen molar-refractivity contribution in [3.8, 4) is 0 Å². The minimum atomic E-state index is -0.256. The highest BCUT2D eigenvalue weighted by atomic mass is 19.1. The van der Waals surface area contributed by atoms with Crippen molar-refractivity contribution in [2.75, 3.05) is 0 Å². The largest absolute Gasteiger partial charge is 0.347 e. The molecule has 1 aromatic rings. The third kappa shape index (κ3) is 2.70. The molecule has 0 heterocycles. The van der Waals surface area contributed by atoms with E-state index in [0.717, 1.165) is 37.7 Å². The Labute approximate surface area is 118 Å². The molecule has 2 saturated carbocycles. The maximum atomic E-state index is 13.0. The van der Waals surface area contributed by atoms with Crippen LogP contribution < -0.4 is 11.1 Å². The molecule has 0 saturated heterocycles. The summed E-state index contributed by atoms with van der Waals surface area (Å²) in [4.78, 5) is 12.2. The van der Waals surface area contributed by atoms with E-state index < -0.39 is 0 Å². The van der Waals surface area contributed by atoms with Crippen LogP contribution in [0.4, 0.5) is 4.39 Å². The summed E-state index contributed by atoms with van der Waals surface area (Å²) in [5, 5.41) is 3.13. The smallest absolute Gasteiger partial charge is 0.221 e. The van der Waals surface area contributed by atoms with Gasteiger partial charge in [-0.3, -0.25) is 4.79 Å².